The third-order valence-corrected chi connectivity index (χ3v) is 3.14. The van der Waals surface area contributed by atoms with E-state index in [9.17, 15) is 4.79 Å². The molecule has 1 N–H and O–H groups in total. The van der Waals surface area contributed by atoms with Gasteiger partial charge < -0.3 is 10.2 Å². The number of piperidine rings is 1. The van der Waals surface area contributed by atoms with Crippen molar-refractivity contribution in [1.82, 2.24) is 10.2 Å². The van der Waals surface area contributed by atoms with E-state index in [2.05, 4.69) is 19.2 Å². The van der Waals surface area contributed by atoms with Crippen LogP contribution in [-0.4, -0.2) is 37.5 Å². The van der Waals surface area contributed by atoms with E-state index in [4.69, 9.17) is 0 Å². The molecule has 1 heterocycles. The number of likely N-dealkylation sites (tertiary alicyclic amines) is 1. The monoisotopic (exact) mass is 248 g/mol. The minimum atomic E-state index is 0. The molecule has 0 aromatic carbocycles. The lowest BCUT2D eigenvalue weighted by molar-refractivity contribution is -0.137. The Bertz CT molecular complexity index is 231. The quantitative estimate of drug-likeness (QED) is 0.828. The first-order valence-corrected chi connectivity index (χ1v) is 5.90. The zero-order chi connectivity index (χ0) is 11.5. The van der Waals surface area contributed by atoms with Crippen molar-refractivity contribution >= 4 is 18.3 Å². The molecule has 0 aromatic heterocycles. The maximum Gasteiger partial charge on any atom is 0.226 e. The van der Waals surface area contributed by atoms with E-state index in [0.717, 1.165) is 26.1 Å². The van der Waals surface area contributed by atoms with E-state index < -0.39 is 0 Å². The maximum absolute atomic E-state index is 12.1. The lowest BCUT2D eigenvalue weighted by Gasteiger charge is -2.39. The zero-order valence-electron chi connectivity index (χ0n) is 10.9. The molecule has 1 atom stereocenters. The van der Waals surface area contributed by atoms with Crippen LogP contribution in [0.25, 0.3) is 0 Å². The third kappa shape index (κ3) is 4.30. The number of hydrogen-bond acceptors (Lipinski definition) is 2. The molecule has 1 unspecified atom stereocenters. The second-order valence-corrected chi connectivity index (χ2v) is 5.49. The molecule has 96 valence electrons. The van der Waals surface area contributed by atoms with Crippen LogP contribution in [0, 0.1) is 11.3 Å². The molecule has 1 fully saturated rings. The Morgan fingerprint density at radius 2 is 2.12 bits per heavy atom. The highest BCUT2D eigenvalue weighted by Crippen LogP contribution is 2.28. The summed E-state index contributed by atoms with van der Waals surface area (Å²) in [5.41, 5.74) is 0.299. The first kappa shape index (κ1) is 15.7. The van der Waals surface area contributed by atoms with Gasteiger partial charge in [-0.05, 0) is 25.3 Å². The molecule has 4 heteroatoms. The van der Waals surface area contributed by atoms with Gasteiger partial charge in [0.15, 0.2) is 0 Å². The van der Waals surface area contributed by atoms with Gasteiger partial charge in [0.2, 0.25) is 5.91 Å². The molecular formula is C12H25ClN2O. The normalized spacial score (nSPS) is 21.1. The van der Waals surface area contributed by atoms with Gasteiger partial charge in [-0.2, -0.15) is 0 Å². The number of halogens is 1. The standard InChI is InChI=1S/C12H24N2O.ClH/c1-10(8-13-4)11(15)14-7-5-6-12(2,3)9-14;/h10,13H,5-9H2,1-4H3;1H. The van der Waals surface area contributed by atoms with Gasteiger partial charge in [-0.3, -0.25) is 4.79 Å². The van der Waals surface area contributed by atoms with Crippen molar-refractivity contribution in [3.05, 3.63) is 0 Å². The number of hydrogen-bond donors (Lipinski definition) is 1. The SMILES string of the molecule is CNCC(C)C(=O)N1CCCC(C)(C)C1.Cl. The summed E-state index contributed by atoms with van der Waals surface area (Å²) in [6.45, 7) is 9.12. The van der Waals surface area contributed by atoms with Gasteiger partial charge >= 0.3 is 0 Å². The number of rotatable bonds is 3. The van der Waals surface area contributed by atoms with Crippen molar-refractivity contribution in [2.45, 2.75) is 33.6 Å². The first-order valence-electron chi connectivity index (χ1n) is 5.90. The fourth-order valence-electron chi connectivity index (χ4n) is 2.32. The second kappa shape index (κ2) is 6.45. The van der Waals surface area contributed by atoms with Crippen LogP contribution >= 0.6 is 12.4 Å². The summed E-state index contributed by atoms with van der Waals surface area (Å²) in [4.78, 5) is 14.1. The van der Waals surface area contributed by atoms with Crippen molar-refractivity contribution in [3.63, 3.8) is 0 Å². The number of carbonyl (C=O) groups is 1. The largest absolute Gasteiger partial charge is 0.342 e. The zero-order valence-corrected chi connectivity index (χ0v) is 11.7. The van der Waals surface area contributed by atoms with Crippen LogP contribution in [0.1, 0.15) is 33.6 Å². The highest BCUT2D eigenvalue weighted by atomic mass is 35.5. The van der Waals surface area contributed by atoms with E-state index >= 15 is 0 Å². The van der Waals surface area contributed by atoms with Crippen LogP contribution in [-0.2, 0) is 4.79 Å². The Kier molecular flexibility index (Phi) is 6.34. The van der Waals surface area contributed by atoms with Crippen LogP contribution in [0.2, 0.25) is 0 Å². The maximum atomic E-state index is 12.1. The van der Waals surface area contributed by atoms with Gasteiger partial charge in [0.25, 0.3) is 0 Å². The molecule has 3 nitrogen and oxygen atoms in total. The second-order valence-electron chi connectivity index (χ2n) is 5.49. The summed E-state index contributed by atoms with van der Waals surface area (Å²) in [6.07, 6.45) is 2.38. The Morgan fingerprint density at radius 1 is 1.50 bits per heavy atom. The van der Waals surface area contributed by atoms with Crippen LogP contribution in [0.5, 0.6) is 0 Å². The minimum absolute atomic E-state index is 0. The first-order chi connectivity index (χ1) is 6.96. The highest BCUT2D eigenvalue weighted by Gasteiger charge is 2.30. The summed E-state index contributed by atoms with van der Waals surface area (Å²) in [5, 5.41) is 3.06. The van der Waals surface area contributed by atoms with Crippen molar-refractivity contribution < 1.29 is 4.79 Å². The summed E-state index contributed by atoms with van der Waals surface area (Å²) in [7, 11) is 1.89. The number of carbonyl (C=O) groups excluding carboxylic acids is 1. The number of amides is 1. The van der Waals surface area contributed by atoms with Gasteiger partial charge in [0, 0.05) is 25.6 Å². The molecule has 16 heavy (non-hydrogen) atoms. The summed E-state index contributed by atoms with van der Waals surface area (Å²) < 4.78 is 0. The average molecular weight is 249 g/mol. The molecule has 1 saturated heterocycles. The van der Waals surface area contributed by atoms with E-state index in [0.29, 0.717) is 11.3 Å². The van der Waals surface area contributed by atoms with Gasteiger partial charge in [-0.25, -0.2) is 0 Å². The average Bonchev–Trinajstić information content (AvgIpc) is 2.15. The topological polar surface area (TPSA) is 32.3 Å². The molecule has 1 amide bonds. The molecular weight excluding hydrogens is 224 g/mol. The van der Waals surface area contributed by atoms with Crippen molar-refractivity contribution in [3.8, 4) is 0 Å². The Labute approximate surface area is 105 Å². The fourth-order valence-corrected chi connectivity index (χ4v) is 2.32. The third-order valence-electron chi connectivity index (χ3n) is 3.14. The van der Waals surface area contributed by atoms with Crippen LogP contribution in [0.4, 0.5) is 0 Å². The molecule has 0 aliphatic carbocycles. The smallest absolute Gasteiger partial charge is 0.226 e. The summed E-state index contributed by atoms with van der Waals surface area (Å²) in [5.74, 6) is 0.404. The molecule has 1 aliphatic heterocycles. The van der Waals surface area contributed by atoms with E-state index in [1.165, 1.54) is 6.42 Å². The number of nitrogens with one attached hydrogen (secondary N) is 1. The molecule has 0 aromatic rings. The van der Waals surface area contributed by atoms with Crippen molar-refractivity contribution in [2.75, 3.05) is 26.7 Å². The van der Waals surface area contributed by atoms with Gasteiger partial charge in [-0.1, -0.05) is 20.8 Å². The van der Waals surface area contributed by atoms with Gasteiger partial charge in [0.1, 0.15) is 0 Å². The van der Waals surface area contributed by atoms with Crippen LogP contribution in [0.15, 0.2) is 0 Å². The predicted octanol–water partition coefficient (Wildman–Crippen LogP) is 1.91. The lowest BCUT2D eigenvalue weighted by Crippen LogP contribution is -2.46. The Balaban J connectivity index is 0.00000225. The van der Waals surface area contributed by atoms with Gasteiger partial charge in [-0.15, -0.1) is 12.4 Å². The molecule has 0 saturated carbocycles. The van der Waals surface area contributed by atoms with Gasteiger partial charge in [0.05, 0.1) is 0 Å². The minimum Gasteiger partial charge on any atom is -0.342 e. The molecule has 1 rings (SSSR count). The molecule has 0 spiro atoms. The van der Waals surface area contributed by atoms with E-state index in [-0.39, 0.29) is 18.3 Å². The van der Waals surface area contributed by atoms with Crippen LogP contribution in [0.3, 0.4) is 0 Å². The van der Waals surface area contributed by atoms with Crippen molar-refractivity contribution in [2.24, 2.45) is 11.3 Å². The molecule has 0 radical (unpaired) electrons. The highest BCUT2D eigenvalue weighted by molar-refractivity contribution is 5.85. The fraction of sp³-hybridized carbons (Fsp3) is 0.917. The summed E-state index contributed by atoms with van der Waals surface area (Å²) in [6, 6.07) is 0. The lowest BCUT2D eigenvalue weighted by atomic mass is 9.84. The Hall–Kier alpha value is -0.280. The van der Waals surface area contributed by atoms with Crippen molar-refractivity contribution in [1.29, 1.82) is 0 Å². The van der Waals surface area contributed by atoms with E-state index in [1.807, 2.05) is 18.9 Å². The van der Waals surface area contributed by atoms with E-state index in [1.54, 1.807) is 0 Å². The molecule has 0 bridgehead atoms. The predicted molar refractivity (Wildman–Crippen MR) is 69.9 cm³/mol. The summed E-state index contributed by atoms with van der Waals surface area (Å²) >= 11 is 0. The number of nitrogens with zero attached hydrogens (tertiary/aromatic N) is 1. The van der Waals surface area contributed by atoms with Crippen LogP contribution < -0.4 is 5.32 Å². The Morgan fingerprint density at radius 3 is 2.62 bits per heavy atom. The molecule has 1 aliphatic rings.